The first-order valence-corrected chi connectivity index (χ1v) is 10.4. The Morgan fingerprint density at radius 2 is 1.72 bits per heavy atom. The Labute approximate surface area is 185 Å². The number of carboxylic acid groups (broad SMARTS) is 1. The molecule has 1 heterocycles. The lowest BCUT2D eigenvalue weighted by Gasteiger charge is -2.20. The number of benzene rings is 2. The molecule has 8 nitrogen and oxygen atoms in total. The van der Waals surface area contributed by atoms with E-state index in [0.29, 0.717) is 13.0 Å². The predicted molar refractivity (Wildman–Crippen MR) is 116 cm³/mol. The average Bonchev–Trinajstić information content (AvgIpc) is 3.37. The molecule has 0 unspecified atom stereocenters. The van der Waals surface area contributed by atoms with Gasteiger partial charge in [0.2, 0.25) is 0 Å². The molecule has 166 valence electrons. The number of carbonyl (C=O) groups is 3. The lowest BCUT2D eigenvalue weighted by atomic mass is 9.98. The summed E-state index contributed by atoms with van der Waals surface area (Å²) in [5.41, 5.74) is 4.54. The molecule has 2 atom stereocenters. The minimum Gasteiger partial charge on any atom is -0.478 e. The van der Waals surface area contributed by atoms with E-state index < -0.39 is 30.1 Å². The monoisotopic (exact) mass is 436 g/mol. The van der Waals surface area contributed by atoms with Gasteiger partial charge in [-0.05, 0) is 28.7 Å². The van der Waals surface area contributed by atoms with Crippen molar-refractivity contribution in [3.8, 4) is 11.1 Å². The van der Waals surface area contributed by atoms with Gasteiger partial charge in [0, 0.05) is 25.1 Å². The Balaban J connectivity index is 1.33. The molecular formula is C24H24N2O6. The second kappa shape index (κ2) is 9.65. The average molecular weight is 436 g/mol. The van der Waals surface area contributed by atoms with Crippen LogP contribution in [0.15, 0.2) is 60.7 Å². The zero-order valence-corrected chi connectivity index (χ0v) is 17.3. The van der Waals surface area contributed by atoms with E-state index in [1.165, 1.54) is 6.08 Å². The zero-order chi connectivity index (χ0) is 22.5. The summed E-state index contributed by atoms with van der Waals surface area (Å²) < 4.78 is 11.0. The molecule has 1 aliphatic heterocycles. The molecule has 0 saturated carbocycles. The van der Waals surface area contributed by atoms with Crippen molar-refractivity contribution in [2.45, 2.75) is 24.5 Å². The third kappa shape index (κ3) is 4.65. The van der Waals surface area contributed by atoms with Gasteiger partial charge in [0.1, 0.15) is 6.61 Å². The molecule has 2 amide bonds. The molecule has 1 aliphatic carbocycles. The van der Waals surface area contributed by atoms with E-state index in [-0.39, 0.29) is 19.1 Å². The summed E-state index contributed by atoms with van der Waals surface area (Å²) in [5.74, 6) is -1.55. The van der Waals surface area contributed by atoms with Crippen molar-refractivity contribution >= 4 is 18.0 Å². The van der Waals surface area contributed by atoms with Crippen LogP contribution in [-0.2, 0) is 19.1 Å². The molecule has 8 heteroatoms. The van der Waals surface area contributed by atoms with Crippen LogP contribution in [0.4, 0.5) is 4.79 Å². The molecule has 4 rings (SSSR count). The van der Waals surface area contributed by atoms with Crippen molar-refractivity contribution in [2.75, 3.05) is 19.8 Å². The van der Waals surface area contributed by atoms with Crippen LogP contribution in [0.3, 0.4) is 0 Å². The normalized spacial score (nSPS) is 19.4. The van der Waals surface area contributed by atoms with Crippen LogP contribution in [0.25, 0.3) is 11.1 Å². The summed E-state index contributed by atoms with van der Waals surface area (Å²) in [7, 11) is 0. The number of alkyl carbamates (subject to hydrolysis) is 1. The SMILES string of the molecule is O=C(O)/C=C/CNC(=O)[C@H]1OCC[C@H]1NC(=O)OCC1c2ccccc2-c2ccccc21. The van der Waals surface area contributed by atoms with Gasteiger partial charge in [0.15, 0.2) is 6.10 Å². The van der Waals surface area contributed by atoms with Crippen molar-refractivity contribution < 1.29 is 29.0 Å². The lowest BCUT2D eigenvalue weighted by Crippen LogP contribution is -2.48. The maximum absolute atomic E-state index is 12.5. The summed E-state index contributed by atoms with van der Waals surface area (Å²) >= 11 is 0. The molecule has 2 aliphatic rings. The van der Waals surface area contributed by atoms with Crippen LogP contribution in [0.1, 0.15) is 23.5 Å². The predicted octanol–water partition coefficient (Wildman–Crippen LogP) is 2.44. The first-order valence-electron chi connectivity index (χ1n) is 10.4. The second-order valence-corrected chi connectivity index (χ2v) is 7.64. The third-order valence-electron chi connectivity index (χ3n) is 5.65. The first kappa shape index (κ1) is 21.6. The van der Waals surface area contributed by atoms with Gasteiger partial charge in [0.05, 0.1) is 6.04 Å². The van der Waals surface area contributed by atoms with Crippen LogP contribution in [0.5, 0.6) is 0 Å². The van der Waals surface area contributed by atoms with Crippen molar-refractivity contribution in [3.05, 3.63) is 71.8 Å². The number of rotatable bonds is 7. The van der Waals surface area contributed by atoms with E-state index in [0.717, 1.165) is 28.3 Å². The topological polar surface area (TPSA) is 114 Å². The minimum absolute atomic E-state index is 0.0481. The molecule has 0 aromatic heterocycles. The van der Waals surface area contributed by atoms with Crippen molar-refractivity contribution in [2.24, 2.45) is 0 Å². The highest BCUT2D eigenvalue weighted by Gasteiger charge is 2.36. The minimum atomic E-state index is -1.09. The van der Waals surface area contributed by atoms with Crippen molar-refractivity contribution in [3.63, 3.8) is 0 Å². The number of fused-ring (bicyclic) bond motifs is 3. The molecule has 3 N–H and O–H groups in total. The molecule has 32 heavy (non-hydrogen) atoms. The van der Waals surface area contributed by atoms with Gasteiger partial charge in [0.25, 0.3) is 5.91 Å². The van der Waals surface area contributed by atoms with Crippen LogP contribution >= 0.6 is 0 Å². The number of carboxylic acids is 1. The van der Waals surface area contributed by atoms with E-state index in [1.54, 1.807) is 0 Å². The number of nitrogens with one attached hydrogen (secondary N) is 2. The highest BCUT2D eigenvalue weighted by Crippen LogP contribution is 2.44. The van der Waals surface area contributed by atoms with Crippen LogP contribution < -0.4 is 10.6 Å². The van der Waals surface area contributed by atoms with Gasteiger partial charge in [-0.1, -0.05) is 54.6 Å². The van der Waals surface area contributed by atoms with Gasteiger partial charge < -0.3 is 25.2 Å². The first-order chi connectivity index (χ1) is 15.5. The summed E-state index contributed by atoms with van der Waals surface area (Å²) in [6.07, 6.45) is 1.29. The second-order valence-electron chi connectivity index (χ2n) is 7.64. The Bertz CT molecular complexity index is 1000. The van der Waals surface area contributed by atoms with Gasteiger partial charge >= 0.3 is 12.1 Å². The summed E-state index contributed by atoms with van der Waals surface area (Å²) in [6, 6.07) is 15.6. The molecule has 1 saturated heterocycles. The molecule has 1 fully saturated rings. The largest absolute Gasteiger partial charge is 0.478 e. The Hall–Kier alpha value is -3.65. The Kier molecular flexibility index (Phi) is 6.51. The fourth-order valence-electron chi connectivity index (χ4n) is 4.21. The van der Waals surface area contributed by atoms with Crippen LogP contribution in [0, 0.1) is 0 Å². The highest BCUT2D eigenvalue weighted by molar-refractivity contribution is 5.84. The summed E-state index contributed by atoms with van der Waals surface area (Å²) in [4.78, 5) is 35.3. The van der Waals surface area contributed by atoms with Crippen molar-refractivity contribution in [1.29, 1.82) is 0 Å². The van der Waals surface area contributed by atoms with Crippen LogP contribution in [-0.4, -0.2) is 55.0 Å². The third-order valence-corrected chi connectivity index (χ3v) is 5.65. The molecule has 0 bridgehead atoms. The summed E-state index contributed by atoms with van der Waals surface area (Å²) in [5, 5.41) is 13.9. The Morgan fingerprint density at radius 3 is 2.38 bits per heavy atom. The summed E-state index contributed by atoms with van der Waals surface area (Å²) in [6.45, 7) is 0.574. The number of ether oxygens (including phenoxy) is 2. The number of amides is 2. The number of hydrogen-bond donors (Lipinski definition) is 3. The number of carbonyl (C=O) groups excluding carboxylic acids is 2. The van der Waals surface area contributed by atoms with Gasteiger partial charge in [-0.2, -0.15) is 0 Å². The smallest absolute Gasteiger partial charge is 0.407 e. The molecular weight excluding hydrogens is 412 g/mol. The molecule has 2 aromatic carbocycles. The van der Waals surface area contributed by atoms with E-state index in [9.17, 15) is 14.4 Å². The van der Waals surface area contributed by atoms with Gasteiger partial charge in [-0.3, -0.25) is 4.79 Å². The van der Waals surface area contributed by atoms with E-state index >= 15 is 0 Å². The standard InChI is InChI=1S/C24H24N2O6/c27-21(28)10-5-12-25-23(29)22-20(11-13-31-22)26-24(30)32-14-19-17-8-3-1-6-15(17)16-7-2-4-9-18(16)19/h1-10,19-20,22H,11-14H2,(H,25,29)(H,26,30)(H,27,28)/b10-5+/t20-,22+/m1/s1. The quantitative estimate of drug-likeness (QED) is 0.575. The van der Waals surface area contributed by atoms with Gasteiger partial charge in [-0.15, -0.1) is 0 Å². The molecule has 0 spiro atoms. The number of hydrogen-bond acceptors (Lipinski definition) is 5. The highest BCUT2D eigenvalue weighted by atomic mass is 16.6. The van der Waals surface area contributed by atoms with Crippen LogP contribution in [0.2, 0.25) is 0 Å². The molecule has 0 radical (unpaired) electrons. The van der Waals surface area contributed by atoms with Crippen molar-refractivity contribution in [1.82, 2.24) is 10.6 Å². The van der Waals surface area contributed by atoms with E-state index in [4.69, 9.17) is 14.6 Å². The van der Waals surface area contributed by atoms with E-state index in [1.807, 2.05) is 36.4 Å². The molecule has 2 aromatic rings. The fraction of sp³-hybridized carbons (Fsp3) is 0.292. The maximum Gasteiger partial charge on any atom is 0.407 e. The number of aliphatic carboxylic acids is 1. The fourth-order valence-corrected chi connectivity index (χ4v) is 4.21. The zero-order valence-electron chi connectivity index (χ0n) is 17.3. The lowest BCUT2D eigenvalue weighted by molar-refractivity contribution is -0.132. The maximum atomic E-state index is 12.5. The Morgan fingerprint density at radius 1 is 1.06 bits per heavy atom. The van der Waals surface area contributed by atoms with Gasteiger partial charge in [-0.25, -0.2) is 9.59 Å². The van der Waals surface area contributed by atoms with E-state index in [2.05, 4.69) is 22.8 Å².